The van der Waals surface area contributed by atoms with Crippen molar-refractivity contribution in [3.05, 3.63) is 12.4 Å². The van der Waals surface area contributed by atoms with Gasteiger partial charge in [0, 0.05) is 0 Å². The third kappa shape index (κ3) is 1.92. The Hall–Kier alpha value is -1.49. The van der Waals surface area contributed by atoms with Gasteiger partial charge >= 0.3 is 6.08 Å². The van der Waals surface area contributed by atoms with Crippen LogP contribution in [-0.2, 0) is 0 Å². The second-order valence-corrected chi connectivity index (χ2v) is 5.79. The Morgan fingerprint density at radius 3 is 2.75 bits per heavy atom. The Labute approximate surface area is 116 Å². The van der Waals surface area contributed by atoms with Gasteiger partial charge in [-0.3, -0.25) is 4.57 Å². The molecule has 5 N–H and O–H groups in total. The van der Waals surface area contributed by atoms with Gasteiger partial charge in [0.15, 0.2) is 11.5 Å². The van der Waals surface area contributed by atoms with Crippen molar-refractivity contribution >= 4 is 28.7 Å². The highest BCUT2D eigenvalue weighted by Crippen LogP contribution is 2.42. The summed E-state index contributed by atoms with van der Waals surface area (Å²) in [5, 5.41) is 27.8. The zero-order valence-electron chi connectivity index (χ0n) is 10.1. The quantitative estimate of drug-likeness (QED) is 0.513. The molecule has 0 aromatic carbocycles. The van der Waals surface area contributed by atoms with Gasteiger partial charge in [-0.15, -0.1) is 11.8 Å². The average molecular weight is 301 g/mol. The summed E-state index contributed by atoms with van der Waals surface area (Å²) in [6, 6.07) is 0. The lowest BCUT2D eigenvalue weighted by Gasteiger charge is -2.16. The van der Waals surface area contributed by atoms with Crippen molar-refractivity contribution in [3.8, 4) is 0 Å². The molecule has 0 amide bonds. The number of aromatic nitrogens is 4. The van der Waals surface area contributed by atoms with Gasteiger partial charge in [0.25, 0.3) is 0 Å². The smallest absolute Gasteiger partial charge is 0.312 e. The van der Waals surface area contributed by atoms with E-state index < -0.39 is 28.9 Å². The van der Waals surface area contributed by atoms with E-state index in [0.717, 1.165) is 11.8 Å². The molecule has 0 saturated carbocycles. The van der Waals surface area contributed by atoms with E-state index >= 15 is 0 Å². The minimum Gasteiger partial charge on any atom is -0.395 e. The number of aliphatic hydroxyl groups excluding tert-OH is 3. The lowest BCUT2D eigenvalue weighted by Crippen LogP contribution is -2.32. The van der Waals surface area contributed by atoms with Gasteiger partial charge in [0.2, 0.25) is 0 Å². The highest BCUT2D eigenvalue weighted by Gasteiger charge is 2.43. The zero-order chi connectivity index (χ0) is 14.4. The molecular formula is C10H12FN5O3S. The summed E-state index contributed by atoms with van der Waals surface area (Å²) in [6.07, 6.45) is -1.86. The molecule has 2 aromatic rings. The summed E-state index contributed by atoms with van der Waals surface area (Å²) in [7, 11) is 0. The normalized spacial score (nSPS) is 30.2. The second-order valence-electron chi connectivity index (χ2n) is 4.43. The van der Waals surface area contributed by atoms with Crippen LogP contribution in [-0.4, -0.2) is 58.9 Å². The van der Waals surface area contributed by atoms with Gasteiger partial charge in [-0.05, 0) is 0 Å². The van der Waals surface area contributed by atoms with Crippen LogP contribution in [0.15, 0.2) is 6.33 Å². The van der Waals surface area contributed by atoms with Crippen LogP contribution in [0.2, 0.25) is 0 Å². The van der Waals surface area contributed by atoms with Gasteiger partial charge in [-0.1, -0.05) is 0 Å². The minimum atomic E-state index is -1.13. The number of fused-ring (bicyclic) bond motifs is 1. The Kier molecular flexibility index (Phi) is 3.24. The molecule has 108 valence electrons. The van der Waals surface area contributed by atoms with Crippen molar-refractivity contribution in [1.82, 2.24) is 19.5 Å². The molecule has 0 spiro atoms. The highest BCUT2D eigenvalue weighted by atomic mass is 32.2. The van der Waals surface area contributed by atoms with Crippen LogP contribution >= 0.6 is 11.8 Å². The van der Waals surface area contributed by atoms with Crippen molar-refractivity contribution in [2.24, 2.45) is 0 Å². The molecule has 1 saturated heterocycles. The van der Waals surface area contributed by atoms with Crippen molar-refractivity contribution < 1.29 is 19.7 Å². The maximum Gasteiger partial charge on any atom is 0.312 e. The number of nitrogens with two attached hydrogens (primary N) is 1. The van der Waals surface area contributed by atoms with Gasteiger partial charge in [0.1, 0.15) is 17.0 Å². The Morgan fingerprint density at radius 2 is 2.10 bits per heavy atom. The minimum absolute atomic E-state index is 0.0945. The van der Waals surface area contributed by atoms with Crippen LogP contribution in [0.1, 0.15) is 5.37 Å². The molecule has 20 heavy (non-hydrogen) atoms. The lowest BCUT2D eigenvalue weighted by atomic mass is 10.1. The Bertz CT molecular complexity index is 653. The highest BCUT2D eigenvalue weighted by molar-refractivity contribution is 8.00. The first-order valence-electron chi connectivity index (χ1n) is 5.81. The lowest BCUT2D eigenvalue weighted by molar-refractivity contribution is 0.0113. The Balaban J connectivity index is 2.07. The van der Waals surface area contributed by atoms with E-state index in [1.807, 2.05) is 0 Å². The third-order valence-corrected chi connectivity index (χ3v) is 4.77. The molecule has 4 atom stereocenters. The van der Waals surface area contributed by atoms with E-state index in [4.69, 9.17) is 10.8 Å². The predicted molar refractivity (Wildman–Crippen MR) is 69.2 cm³/mol. The van der Waals surface area contributed by atoms with Gasteiger partial charge in [-0.2, -0.15) is 14.4 Å². The molecule has 3 heterocycles. The van der Waals surface area contributed by atoms with Crippen molar-refractivity contribution in [2.45, 2.75) is 22.8 Å². The number of rotatable bonds is 2. The Morgan fingerprint density at radius 1 is 1.35 bits per heavy atom. The summed E-state index contributed by atoms with van der Waals surface area (Å²) in [6.45, 7) is -0.280. The van der Waals surface area contributed by atoms with Gasteiger partial charge in [0.05, 0.1) is 24.3 Å². The second kappa shape index (κ2) is 4.81. The number of hydrogen-bond acceptors (Lipinski definition) is 8. The van der Waals surface area contributed by atoms with Crippen LogP contribution < -0.4 is 5.73 Å². The number of nitrogens with zero attached hydrogens (tertiary/aromatic N) is 4. The molecule has 0 aliphatic carbocycles. The summed E-state index contributed by atoms with van der Waals surface area (Å²) in [5.41, 5.74) is 5.92. The van der Waals surface area contributed by atoms with Crippen molar-refractivity contribution in [2.75, 3.05) is 12.3 Å². The number of anilines is 1. The van der Waals surface area contributed by atoms with E-state index in [0.29, 0.717) is 0 Å². The SMILES string of the molecule is Nc1nc(F)nc2c1ncn2[C@@H]1S[C@H](CO)[C@@H](O)[C@@H]1O. The molecule has 0 bridgehead atoms. The number of imidazole rings is 1. The maximum atomic E-state index is 13.3. The molecule has 3 rings (SSSR count). The standard InChI is InChI=1S/C10H12FN5O3S/c11-10-14-7(12)4-8(15-10)16(2-13-4)9-6(19)5(18)3(1-17)20-9/h2-3,5-6,9,17-19H,1H2,(H2,12,14,15)/t3-,5-,6+,9-/m1/s1. The monoisotopic (exact) mass is 301 g/mol. The molecule has 0 radical (unpaired) electrons. The van der Waals surface area contributed by atoms with Crippen molar-refractivity contribution in [3.63, 3.8) is 0 Å². The number of aliphatic hydroxyl groups is 3. The molecule has 0 unspecified atom stereocenters. The number of nitrogen functional groups attached to an aromatic ring is 1. The first-order chi connectivity index (χ1) is 9.52. The maximum absolute atomic E-state index is 13.3. The van der Waals surface area contributed by atoms with Crippen LogP contribution in [0.25, 0.3) is 11.2 Å². The largest absolute Gasteiger partial charge is 0.395 e. The van der Waals surface area contributed by atoms with E-state index in [1.165, 1.54) is 10.9 Å². The van der Waals surface area contributed by atoms with Crippen molar-refractivity contribution in [1.29, 1.82) is 0 Å². The summed E-state index contributed by atoms with van der Waals surface area (Å²) in [4.78, 5) is 11.0. The fourth-order valence-electron chi connectivity index (χ4n) is 2.21. The van der Waals surface area contributed by atoms with Crippen LogP contribution in [0.5, 0.6) is 0 Å². The molecule has 1 fully saturated rings. The average Bonchev–Trinajstić information content (AvgIpc) is 2.93. The first kappa shape index (κ1) is 13.5. The van der Waals surface area contributed by atoms with Crippen LogP contribution in [0.4, 0.5) is 10.2 Å². The molecule has 2 aromatic heterocycles. The molecule has 10 heteroatoms. The summed E-state index contributed by atoms with van der Waals surface area (Å²) < 4.78 is 14.7. The van der Waals surface area contributed by atoms with Crippen LogP contribution in [0, 0.1) is 6.08 Å². The number of thioether (sulfide) groups is 1. The first-order valence-corrected chi connectivity index (χ1v) is 6.75. The fourth-order valence-corrected chi connectivity index (χ4v) is 3.58. The zero-order valence-corrected chi connectivity index (χ0v) is 10.9. The third-order valence-electron chi connectivity index (χ3n) is 3.21. The molecule has 1 aliphatic heterocycles. The molecule has 1 aliphatic rings. The van der Waals surface area contributed by atoms with Gasteiger partial charge in [-0.25, -0.2) is 4.98 Å². The van der Waals surface area contributed by atoms with E-state index in [-0.39, 0.29) is 23.6 Å². The number of halogens is 1. The van der Waals surface area contributed by atoms with Gasteiger partial charge < -0.3 is 21.1 Å². The van der Waals surface area contributed by atoms with E-state index in [1.54, 1.807) is 0 Å². The van der Waals surface area contributed by atoms with Crippen LogP contribution in [0.3, 0.4) is 0 Å². The predicted octanol–water partition coefficient (Wildman–Crippen LogP) is -1.12. The number of hydrogen-bond donors (Lipinski definition) is 4. The summed E-state index contributed by atoms with van der Waals surface area (Å²) >= 11 is 1.16. The van der Waals surface area contributed by atoms with E-state index in [9.17, 15) is 14.6 Å². The molecule has 8 nitrogen and oxygen atoms in total. The van der Waals surface area contributed by atoms with E-state index in [2.05, 4.69) is 15.0 Å². The summed E-state index contributed by atoms with van der Waals surface area (Å²) in [5.74, 6) is -0.0945. The topological polar surface area (TPSA) is 130 Å². The fraction of sp³-hybridized carbons (Fsp3) is 0.500. The molecular weight excluding hydrogens is 289 g/mol.